The van der Waals surface area contributed by atoms with E-state index >= 15 is 0 Å². The number of benzene rings is 1. The van der Waals surface area contributed by atoms with Gasteiger partial charge in [-0.1, -0.05) is 11.6 Å². The first-order valence-electron chi connectivity index (χ1n) is 8.15. The van der Waals surface area contributed by atoms with Crippen LogP contribution in [-0.4, -0.2) is 29.5 Å². The van der Waals surface area contributed by atoms with E-state index in [1.54, 1.807) is 0 Å². The standard InChI is InChI=1S/C18H21N3O/c1-12-4-7-15-14(11-12)16(8-9-19-15)21-10-2-3-17(21)18(22)20-13-5-6-13/h4,7-9,11,13,17H,2-3,5-6,10H2,1H3,(H,20,22)/t17-/m1/s1. The van der Waals surface area contributed by atoms with Gasteiger partial charge in [0.2, 0.25) is 5.91 Å². The molecule has 0 spiro atoms. The number of rotatable bonds is 3. The third kappa shape index (κ3) is 2.43. The Morgan fingerprint density at radius 3 is 2.95 bits per heavy atom. The van der Waals surface area contributed by atoms with Crippen molar-refractivity contribution in [2.24, 2.45) is 0 Å². The maximum absolute atomic E-state index is 12.5. The van der Waals surface area contributed by atoms with E-state index in [-0.39, 0.29) is 11.9 Å². The van der Waals surface area contributed by atoms with E-state index in [1.807, 2.05) is 12.3 Å². The minimum absolute atomic E-state index is 0.0355. The van der Waals surface area contributed by atoms with Gasteiger partial charge in [0.1, 0.15) is 6.04 Å². The topological polar surface area (TPSA) is 45.2 Å². The van der Waals surface area contributed by atoms with Crippen molar-refractivity contribution in [1.29, 1.82) is 0 Å². The second-order valence-electron chi connectivity index (χ2n) is 6.48. The van der Waals surface area contributed by atoms with E-state index in [9.17, 15) is 4.79 Å². The number of pyridine rings is 1. The zero-order chi connectivity index (χ0) is 15.1. The van der Waals surface area contributed by atoms with Gasteiger partial charge in [0.25, 0.3) is 0 Å². The van der Waals surface area contributed by atoms with Gasteiger partial charge in [-0.05, 0) is 50.8 Å². The third-order valence-electron chi connectivity index (χ3n) is 4.66. The van der Waals surface area contributed by atoms with Gasteiger partial charge in [0.15, 0.2) is 0 Å². The fourth-order valence-electron chi connectivity index (χ4n) is 3.35. The van der Waals surface area contributed by atoms with Crippen molar-refractivity contribution in [3.63, 3.8) is 0 Å². The van der Waals surface area contributed by atoms with Crippen molar-refractivity contribution >= 4 is 22.5 Å². The zero-order valence-corrected chi connectivity index (χ0v) is 12.9. The molecule has 0 bridgehead atoms. The van der Waals surface area contributed by atoms with Crippen LogP contribution in [0.2, 0.25) is 0 Å². The smallest absolute Gasteiger partial charge is 0.242 e. The van der Waals surface area contributed by atoms with Crippen molar-refractivity contribution in [2.75, 3.05) is 11.4 Å². The Balaban J connectivity index is 1.70. The van der Waals surface area contributed by atoms with Gasteiger partial charge in [-0.15, -0.1) is 0 Å². The molecule has 2 fully saturated rings. The van der Waals surface area contributed by atoms with Gasteiger partial charge >= 0.3 is 0 Å². The third-order valence-corrected chi connectivity index (χ3v) is 4.66. The van der Waals surface area contributed by atoms with Crippen LogP contribution in [0, 0.1) is 6.92 Å². The summed E-state index contributed by atoms with van der Waals surface area (Å²) < 4.78 is 0. The average molecular weight is 295 g/mol. The van der Waals surface area contributed by atoms with Crippen LogP contribution >= 0.6 is 0 Å². The minimum Gasteiger partial charge on any atom is -0.359 e. The van der Waals surface area contributed by atoms with Gasteiger partial charge in [-0.2, -0.15) is 0 Å². The Morgan fingerprint density at radius 1 is 1.27 bits per heavy atom. The number of anilines is 1. The molecule has 2 heterocycles. The number of nitrogens with one attached hydrogen (secondary N) is 1. The molecular weight excluding hydrogens is 274 g/mol. The van der Waals surface area contributed by atoms with Crippen LogP contribution in [0.15, 0.2) is 30.5 Å². The number of nitrogens with zero attached hydrogens (tertiary/aromatic N) is 2. The maximum Gasteiger partial charge on any atom is 0.242 e. The molecule has 2 aromatic rings. The highest BCUT2D eigenvalue weighted by molar-refractivity contribution is 5.95. The molecule has 4 rings (SSSR count). The number of aryl methyl sites for hydroxylation is 1. The molecule has 1 saturated heterocycles. The van der Waals surface area contributed by atoms with E-state index in [4.69, 9.17) is 0 Å². The van der Waals surface area contributed by atoms with Gasteiger partial charge < -0.3 is 10.2 Å². The molecule has 1 aliphatic heterocycles. The van der Waals surface area contributed by atoms with Crippen molar-refractivity contribution in [3.8, 4) is 0 Å². The first-order valence-corrected chi connectivity index (χ1v) is 8.15. The fourth-order valence-corrected chi connectivity index (χ4v) is 3.35. The van der Waals surface area contributed by atoms with Crippen molar-refractivity contribution in [1.82, 2.24) is 10.3 Å². The summed E-state index contributed by atoms with van der Waals surface area (Å²) in [6.45, 7) is 3.04. The molecule has 22 heavy (non-hydrogen) atoms. The molecular formula is C18H21N3O. The van der Waals surface area contributed by atoms with Crippen LogP contribution in [0.3, 0.4) is 0 Å². The van der Waals surface area contributed by atoms with Crippen LogP contribution in [0.5, 0.6) is 0 Å². The molecule has 1 amide bonds. The molecule has 0 unspecified atom stereocenters. The molecule has 4 nitrogen and oxygen atoms in total. The number of hydrogen-bond donors (Lipinski definition) is 1. The molecule has 4 heteroatoms. The first kappa shape index (κ1) is 13.6. The Kier molecular flexibility index (Phi) is 3.25. The maximum atomic E-state index is 12.5. The van der Waals surface area contributed by atoms with E-state index in [0.29, 0.717) is 6.04 Å². The van der Waals surface area contributed by atoms with Gasteiger partial charge in [-0.25, -0.2) is 0 Å². The second-order valence-corrected chi connectivity index (χ2v) is 6.48. The summed E-state index contributed by atoms with van der Waals surface area (Å²) in [6, 6.07) is 8.75. The average Bonchev–Trinajstić information content (AvgIpc) is 3.19. The van der Waals surface area contributed by atoms with Crippen molar-refractivity contribution in [3.05, 3.63) is 36.0 Å². The summed E-state index contributed by atoms with van der Waals surface area (Å²) in [5.41, 5.74) is 3.36. The van der Waals surface area contributed by atoms with Crippen LogP contribution in [-0.2, 0) is 4.79 Å². The van der Waals surface area contributed by atoms with Crippen LogP contribution in [0.1, 0.15) is 31.2 Å². The lowest BCUT2D eigenvalue weighted by Gasteiger charge is -2.27. The zero-order valence-electron chi connectivity index (χ0n) is 12.9. The van der Waals surface area contributed by atoms with Crippen LogP contribution in [0.25, 0.3) is 10.9 Å². The van der Waals surface area contributed by atoms with Crippen molar-refractivity contribution < 1.29 is 4.79 Å². The monoisotopic (exact) mass is 295 g/mol. The molecule has 114 valence electrons. The molecule has 1 aromatic carbocycles. The lowest BCUT2D eigenvalue weighted by molar-refractivity contribution is -0.122. The Morgan fingerprint density at radius 2 is 2.14 bits per heavy atom. The number of aromatic nitrogens is 1. The summed E-state index contributed by atoms with van der Waals surface area (Å²) in [4.78, 5) is 19.2. The van der Waals surface area contributed by atoms with E-state index in [2.05, 4.69) is 40.3 Å². The quantitative estimate of drug-likeness (QED) is 0.947. The molecule has 2 aliphatic rings. The molecule has 0 radical (unpaired) electrons. The highest BCUT2D eigenvalue weighted by Gasteiger charge is 2.34. The minimum atomic E-state index is -0.0355. The summed E-state index contributed by atoms with van der Waals surface area (Å²) >= 11 is 0. The Bertz CT molecular complexity index is 723. The lowest BCUT2D eigenvalue weighted by Crippen LogP contribution is -2.44. The second kappa shape index (κ2) is 5.27. The molecule has 1 N–H and O–H groups in total. The van der Waals surface area contributed by atoms with E-state index in [1.165, 1.54) is 5.56 Å². The van der Waals surface area contributed by atoms with E-state index in [0.717, 1.165) is 48.8 Å². The Hall–Kier alpha value is -2.10. The first-order chi connectivity index (χ1) is 10.7. The molecule has 1 atom stereocenters. The number of fused-ring (bicyclic) bond motifs is 1. The van der Waals surface area contributed by atoms with Crippen LogP contribution < -0.4 is 10.2 Å². The molecule has 1 aromatic heterocycles. The Labute approximate surface area is 130 Å². The molecule has 1 aliphatic carbocycles. The highest BCUT2D eigenvalue weighted by Crippen LogP contribution is 2.32. The number of carbonyl (C=O) groups excluding carboxylic acids is 1. The summed E-state index contributed by atoms with van der Waals surface area (Å²) in [5.74, 6) is 0.192. The number of amides is 1. The summed E-state index contributed by atoms with van der Waals surface area (Å²) in [7, 11) is 0. The SMILES string of the molecule is Cc1ccc2nccc(N3CCC[C@@H]3C(=O)NC3CC3)c2c1. The van der Waals surface area contributed by atoms with Crippen LogP contribution in [0.4, 0.5) is 5.69 Å². The number of carbonyl (C=O) groups is 1. The number of hydrogen-bond acceptors (Lipinski definition) is 3. The fraction of sp³-hybridized carbons (Fsp3) is 0.444. The lowest BCUT2D eigenvalue weighted by atomic mass is 10.1. The largest absolute Gasteiger partial charge is 0.359 e. The van der Waals surface area contributed by atoms with Crippen molar-refractivity contribution in [2.45, 2.75) is 44.7 Å². The van der Waals surface area contributed by atoms with Gasteiger partial charge in [0.05, 0.1) is 5.52 Å². The predicted octanol–water partition coefficient (Wildman–Crippen LogP) is 2.79. The normalized spacial score (nSPS) is 21.3. The van der Waals surface area contributed by atoms with E-state index < -0.39 is 0 Å². The van der Waals surface area contributed by atoms with Gasteiger partial charge in [0, 0.05) is 29.9 Å². The summed E-state index contributed by atoms with van der Waals surface area (Å²) in [6.07, 6.45) is 6.12. The van der Waals surface area contributed by atoms with Gasteiger partial charge in [-0.3, -0.25) is 9.78 Å². The molecule has 1 saturated carbocycles. The predicted molar refractivity (Wildman–Crippen MR) is 88.0 cm³/mol. The highest BCUT2D eigenvalue weighted by atomic mass is 16.2. The summed E-state index contributed by atoms with van der Waals surface area (Å²) in [5, 5.41) is 4.31.